The van der Waals surface area contributed by atoms with Gasteiger partial charge in [0.2, 0.25) is 0 Å². The van der Waals surface area contributed by atoms with E-state index in [0.717, 1.165) is 6.21 Å². The molecular formula is C4H6N2O2. The van der Waals surface area contributed by atoms with Gasteiger partial charge in [-0.2, -0.15) is 5.10 Å². The first kappa shape index (κ1) is 6.68. The Kier molecular flexibility index (Phi) is 2.33. The number of hydrazone groups is 1. The second kappa shape index (κ2) is 2.79. The summed E-state index contributed by atoms with van der Waals surface area (Å²) in [5, 5.41) is 11.0. The molecule has 0 amide bonds. The summed E-state index contributed by atoms with van der Waals surface area (Å²) in [4.78, 5) is 9.84. The second-order valence-corrected chi connectivity index (χ2v) is 1.11. The molecule has 44 valence electrons. The van der Waals surface area contributed by atoms with E-state index in [1.165, 1.54) is 0 Å². The highest BCUT2D eigenvalue weighted by Crippen LogP contribution is 1.80. The third kappa shape index (κ3) is 1.96. The summed E-state index contributed by atoms with van der Waals surface area (Å²) in [6.45, 7) is 3.12. The molecule has 8 heavy (non-hydrogen) atoms. The van der Waals surface area contributed by atoms with Crippen LogP contribution in [0.3, 0.4) is 0 Å². The van der Waals surface area contributed by atoms with Crippen molar-refractivity contribution in [2.45, 2.75) is 0 Å². The maximum absolute atomic E-state index is 9.84. The number of aliphatic carboxylic acids is 1. The first-order valence-corrected chi connectivity index (χ1v) is 1.84. The molecule has 0 rings (SSSR count). The topological polar surface area (TPSA) is 75.7 Å². The first-order valence-electron chi connectivity index (χ1n) is 1.84. The monoisotopic (exact) mass is 114 g/mol. The fourth-order valence-electron chi connectivity index (χ4n) is 0.145. The minimum Gasteiger partial charge on any atom is -0.478 e. The van der Waals surface area contributed by atoms with E-state index in [1.54, 1.807) is 0 Å². The Morgan fingerprint density at radius 2 is 2.38 bits per heavy atom. The lowest BCUT2D eigenvalue weighted by Gasteiger charge is -1.83. The molecule has 0 aromatic carbocycles. The van der Waals surface area contributed by atoms with Crippen molar-refractivity contribution in [3.63, 3.8) is 0 Å². The number of rotatable bonds is 2. The van der Waals surface area contributed by atoms with Crippen molar-refractivity contribution >= 4 is 12.2 Å². The molecule has 0 fully saturated rings. The van der Waals surface area contributed by atoms with Gasteiger partial charge in [-0.15, -0.1) is 0 Å². The Morgan fingerprint density at radius 3 is 2.50 bits per heavy atom. The summed E-state index contributed by atoms with van der Waals surface area (Å²) in [5.74, 6) is 3.50. The zero-order valence-corrected chi connectivity index (χ0v) is 4.16. The Labute approximate surface area is 46.3 Å². The average molecular weight is 114 g/mol. The van der Waals surface area contributed by atoms with Crippen molar-refractivity contribution < 1.29 is 9.90 Å². The van der Waals surface area contributed by atoms with E-state index in [9.17, 15) is 4.79 Å². The van der Waals surface area contributed by atoms with E-state index in [4.69, 9.17) is 5.11 Å². The molecule has 3 N–H and O–H groups in total. The minimum absolute atomic E-state index is 0.118. The molecule has 4 heteroatoms. The van der Waals surface area contributed by atoms with Crippen molar-refractivity contribution in [2.75, 3.05) is 0 Å². The Bertz CT molecular complexity index is 139. The van der Waals surface area contributed by atoms with Crippen LogP contribution in [0.15, 0.2) is 17.3 Å². The third-order valence-electron chi connectivity index (χ3n) is 0.505. The fourth-order valence-corrected chi connectivity index (χ4v) is 0.145. The Hall–Kier alpha value is -1.32. The van der Waals surface area contributed by atoms with Crippen LogP contribution >= 0.6 is 0 Å². The van der Waals surface area contributed by atoms with Gasteiger partial charge in [0.15, 0.2) is 0 Å². The van der Waals surface area contributed by atoms with Crippen molar-refractivity contribution in [3.8, 4) is 0 Å². The number of nitrogens with zero attached hydrogens (tertiary/aromatic N) is 1. The zero-order chi connectivity index (χ0) is 6.57. The number of carboxylic acid groups (broad SMARTS) is 1. The highest BCUT2D eigenvalue weighted by molar-refractivity contribution is 6.07. The van der Waals surface area contributed by atoms with Gasteiger partial charge in [-0.25, -0.2) is 4.79 Å². The SMILES string of the molecule is C=C(/C=N\N)C(=O)O. The molecule has 0 atom stereocenters. The van der Waals surface area contributed by atoms with Gasteiger partial charge < -0.3 is 10.9 Å². The van der Waals surface area contributed by atoms with Gasteiger partial charge in [-0.3, -0.25) is 0 Å². The lowest BCUT2D eigenvalue weighted by Crippen LogP contribution is -2.00. The van der Waals surface area contributed by atoms with Crippen LogP contribution in [0.5, 0.6) is 0 Å². The van der Waals surface area contributed by atoms with E-state index in [-0.39, 0.29) is 5.57 Å². The highest BCUT2D eigenvalue weighted by atomic mass is 16.4. The smallest absolute Gasteiger partial charge is 0.336 e. The third-order valence-corrected chi connectivity index (χ3v) is 0.505. The van der Waals surface area contributed by atoms with E-state index < -0.39 is 5.97 Å². The van der Waals surface area contributed by atoms with Crippen molar-refractivity contribution in [1.82, 2.24) is 0 Å². The molecule has 0 aliphatic rings. The van der Waals surface area contributed by atoms with Crippen LogP contribution in [0.2, 0.25) is 0 Å². The number of hydrogen-bond donors (Lipinski definition) is 2. The summed E-state index contributed by atoms with van der Waals surface area (Å²) in [5.41, 5.74) is -0.118. The van der Waals surface area contributed by atoms with Gasteiger partial charge >= 0.3 is 5.97 Å². The standard InChI is InChI=1S/C4H6N2O2/c1-3(2-6-5)4(7)8/h2H,1,5H2,(H,7,8)/b6-2-. The molecule has 0 saturated carbocycles. The first-order chi connectivity index (χ1) is 3.68. The molecule has 0 aromatic heterocycles. The van der Waals surface area contributed by atoms with Crippen LogP contribution in [0.1, 0.15) is 0 Å². The number of carboxylic acids is 1. The molecule has 0 aliphatic heterocycles. The molecule has 0 saturated heterocycles. The largest absolute Gasteiger partial charge is 0.478 e. The predicted octanol–water partition coefficient (Wildman–Crippen LogP) is -0.428. The van der Waals surface area contributed by atoms with E-state index in [0.29, 0.717) is 0 Å². The lowest BCUT2D eigenvalue weighted by molar-refractivity contribution is -0.131. The zero-order valence-electron chi connectivity index (χ0n) is 4.16. The van der Waals surface area contributed by atoms with Crippen LogP contribution in [-0.4, -0.2) is 17.3 Å². The van der Waals surface area contributed by atoms with Crippen molar-refractivity contribution in [1.29, 1.82) is 0 Å². The van der Waals surface area contributed by atoms with Crippen molar-refractivity contribution in [3.05, 3.63) is 12.2 Å². The Balaban J connectivity index is 3.85. The van der Waals surface area contributed by atoms with Crippen LogP contribution in [0.4, 0.5) is 0 Å². The number of nitrogens with two attached hydrogens (primary N) is 1. The molecule has 0 radical (unpaired) electrons. The number of carbonyl (C=O) groups is 1. The van der Waals surface area contributed by atoms with Crippen LogP contribution in [0.25, 0.3) is 0 Å². The molecule has 0 spiro atoms. The fraction of sp³-hybridized carbons (Fsp3) is 0. The normalized spacial score (nSPS) is 9.50. The highest BCUT2D eigenvalue weighted by Gasteiger charge is 1.96. The number of hydrogen-bond acceptors (Lipinski definition) is 3. The summed E-state index contributed by atoms with van der Waals surface area (Å²) < 4.78 is 0. The van der Waals surface area contributed by atoms with Gasteiger partial charge in [0.05, 0.1) is 11.8 Å². The molecule has 0 bridgehead atoms. The maximum atomic E-state index is 9.84. The molecule has 4 nitrogen and oxygen atoms in total. The summed E-state index contributed by atoms with van der Waals surface area (Å²) in [6, 6.07) is 0. The molecular weight excluding hydrogens is 108 g/mol. The van der Waals surface area contributed by atoms with Gasteiger partial charge in [-0.1, -0.05) is 6.58 Å². The molecule has 0 aromatic rings. The summed E-state index contributed by atoms with van der Waals surface area (Å²) >= 11 is 0. The van der Waals surface area contributed by atoms with E-state index >= 15 is 0 Å². The van der Waals surface area contributed by atoms with Crippen LogP contribution in [0, 0.1) is 0 Å². The van der Waals surface area contributed by atoms with Gasteiger partial charge in [0.1, 0.15) is 0 Å². The van der Waals surface area contributed by atoms with Crippen LogP contribution in [-0.2, 0) is 4.79 Å². The molecule has 0 heterocycles. The lowest BCUT2D eigenvalue weighted by atomic mass is 10.3. The summed E-state index contributed by atoms with van der Waals surface area (Å²) in [6.07, 6.45) is 0.975. The average Bonchev–Trinajstić information content (AvgIpc) is 1.67. The minimum atomic E-state index is -1.11. The second-order valence-electron chi connectivity index (χ2n) is 1.11. The van der Waals surface area contributed by atoms with Gasteiger partial charge in [-0.05, 0) is 0 Å². The van der Waals surface area contributed by atoms with Crippen LogP contribution < -0.4 is 5.84 Å². The Morgan fingerprint density at radius 1 is 1.88 bits per heavy atom. The maximum Gasteiger partial charge on any atom is 0.336 e. The molecule has 0 unspecified atom stereocenters. The predicted molar refractivity (Wildman–Crippen MR) is 29.5 cm³/mol. The van der Waals surface area contributed by atoms with E-state index in [2.05, 4.69) is 17.5 Å². The quantitative estimate of drug-likeness (QED) is 0.221. The molecule has 0 aliphatic carbocycles. The van der Waals surface area contributed by atoms with Crippen molar-refractivity contribution in [2.24, 2.45) is 10.9 Å². The van der Waals surface area contributed by atoms with E-state index in [1.807, 2.05) is 0 Å². The van der Waals surface area contributed by atoms with Gasteiger partial charge in [0.25, 0.3) is 0 Å². The summed E-state index contributed by atoms with van der Waals surface area (Å²) in [7, 11) is 0. The van der Waals surface area contributed by atoms with Gasteiger partial charge in [0, 0.05) is 0 Å².